The molecule has 0 aliphatic rings. The summed E-state index contributed by atoms with van der Waals surface area (Å²) < 4.78 is 0. The number of hydrogen-bond donors (Lipinski definition) is 0. The molecule has 0 rings (SSSR count). The zero-order valence-corrected chi connectivity index (χ0v) is 8.11. The fourth-order valence-electron chi connectivity index (χ4n) is 0. The normalized spacial score (nSPS) is 2.17. The van der Waals surface area contributed by atoms with Crippen LogP contribution in [0.2, 0.25) is 0 Å². The molecule has 0 N–H and O–H groups in total. The molecule has 0 amide bonds. The molecule has 0 atom stereocenters. The van der Waals surface area contributed by atoms with Gasteiger partial charge in [0.2, 0.25) is 0 Å². The zero-order chi connectivity index (χ0) is 2.71. The van der Waals surface area contributed by atoms with Crippen molar-refractivity contribution < 1.29 is 66.6 Å². The number of halogens is 2. The van der Waals surface area contributed by atoms with Crippen molar-refractivity contribution in [2.45, 2.75) is 6.92 Å². The molecule has 0 saturated heterocycles. The molecule has 0 unspecified atom stereocenters. The first-order chi connectivity index (χ1) is 1.41. The van der Waals surface area contributed by atoms with Crippen LogP contribution in [0.1, 0.15) is 6.92 Å². The molecule has 3 heteroatoms. The standard InChI is InChI=1S/C3H5.Ce.2ClH/c1-3-2;;;/h1H2,2H3;;2*1H/q-1;+3;;/p-2. The Bertz CT molecular complexity index is 16.3. The molecule has 6 heavy (non-hydrogen) atoms. The molecule has 0 fully saturated rings. The van der Waals surface area contributed by atoms with Crippen molar-refractivity contribution in [3.8, 4) is 0 Å². The van der Waals surface area contributed by atoms with Gasteiger partial charge in [-0.1, -0.05) is 0 Å². The van der Waals surface area contributed by atoms with Crippen molar-refractivity contribution in [3.05, 3.63) is 12.7 Å². The minimum absolute atomic E-state index is 0. The predicted octanol–water partition coefficient (Wildman–Crippen LogP) is -5.00. The van der Waals surface area contributed by atoms with Crippen molar-refractivity contribution in [3.63, 3.8) is 0 Å². The number of hydrogen-bond acceptors (Lipinski definition) is 0. The Morgan fingerprint density at radius 1 is 1.33 bits per heavy atom. The average molecular weight is 252 g/mol. The maximum atomic E-state index is 3.24. The molecule has 35 valence electrons. The molecule has 0 bridgehead atoms. The molecule has 1 radical (unpaired) electrons. The Morgan fingerprint density at radius 2 is 1.33 bits per heavy atom. The van der Waals surface area contributed by atoms with E-state index in [0.717, 1.165) is 0 Å². The first-order valence-electron chi connectivity index (χ1n) is 0.854. The van der Waals surface area contributed by atoms with Crippen LogP contribution in [0, 0.1) is 47.8 Å². The van der Waals surface area contributed by atoms with E-state index in [4.69, 9.17) is 0 Å². The summed E-state index contributed by atoms with van der Waals surface area (Å²) in [6.07, 6.45) is 2.50. The summed E-state index contributed by atoms with van der Waals surface area (Å²) >= 11 is 0. The van der Waals surface area contributed by atoms with Crippen LogP contribution < -0.4 is 24.8 Å². The topological polar surface area (TPSA) is 0 Å². The van der Waals surface area contributed by atoms with Gasteiger partial charge in [0.15, 0.2) is 0 Å². The van der Waals surface area contributed by atoms with Gasteiger partial charge in [-0.05, 0) is 0 Å². The van der Waals surface area contributed by atoms with Gasteiger partial charge in [0.25, 0.3) is 0 Å². The first-order valence-corrected chi connectivity index (χ1v) is 0.854. The minimum Gasteiger partial charge on any atom is -1.00 e. The Labute approximate surface area is 85.0 Å². The van der Waals surface area contributed by atoms with Gasteiger partial charge >= 0.3 is 41.7 Å². The van der Waals surface area contributed by atoms with E-state index in [1.165, 1.54) is 0 Å². The summed E-state index contributed by atoms with van der Waals surface area (Å²) in [5.41, 5.74) is 0. The molecule has 0 aliphatic carbocycles. The molecule has 0 aromatic rings. The van der Waals surface area contributed by atoms with Gasteiger partial charge in [-0.15, -0.1) is 0 Å². The van der Waals surface area contributed by atoms with Crippen LogP contribution in [-0.2, 0) is 0 Å². The van der Waals surface area contributed by atoms with Gasteiger partial charge in [-0.3, -0.25) is 6.58 Å². The summed E-state index contributed by atoms with van der Waals surface area (Å²) in [5.74, 6) is 0. The van der Waals surface area contributed by atoms with E-state index in [1.54, 1.807) is 6.92 Å². The van der Waals surface area contributed by atoms with E-state index in [2.05, 4.69) is 12.7 Å². The minimum atomic E-state index is 0. The monoisotopic (exact) mass is 251 g/mol. The molecule has 0 aromatic heterocycles. The van der Waals surface area contributed by atoms with E-state index in [-0.39, 0.29) is 66.6 Å². The Kier molecular flexibility index (Phi) is 126. The van der Waals surface area contributed by atoms with Gasteiger partial charge in [0.1, 0.15) is 0 Å². The van der Waals surface area contributed by atoms with Gasteiger partial charge < -0.3 is 30.9 Å². The summed E-state index contributed by atoms with van der Waals surface area (Å²) in [6.45, 7) is 5.00. The van der Waals surface area contributed by atoms with E-state index < -0.39 is 0 Å². The SMILES string of the molecule is C=[C-]C.[Ce+3].[Cl-].[Cl-]. The summed E-state index contributed by atoms with van der Waals surface area (Å²) in [5, 5.41) is 0. The Morgan fingerprint density at radius 3 is 1.33 bits per heavy atom. The van der Waals surface area contributed by atoms with Gasteiger partial charge in [-0.2, -0.15) is 6.92 Å². The average Bonchev–Trinajstić information content (AvgIpc) is 0.918. The van der Waals surface area contributed by atoms with Crippen molar-refractivity contribution in [1.29, 1.82) is 0 Å². The second kappa shape index (κ2) is 29.9. The van der Waals surface area contributed by atoms with Crippen LogP contribution in [-0.4, -0.2) is 0 Å². The van der Waals surface area contributed by atoms with E-state index in [9.17, 15) is 0 Å². The largest absolute Gasteiger partial charge is 3.00 e. The molecule has 0 aromatic carbocycles. The fourth-order valence-corrected chi connectivity index (χ4v) is 0. The third kappa shape index (κ3) is 43.7. The van der Waals surface area contributed by atoms with Crippen molar-refractivity contribution in [2.24, 2.45) is 0 Å². The maximum absolute atomic E-state index is 3.24. The van der Waals surface area contributed by atoms with E-state index in [0.29, 0.717) is 0 Å². The first kappa shape index (κ1) is 25.3. The Hall–Kier alpha value is 1.70. The summed E-state index contributed by atoms with van der Waals surface area (Å²) in [6, 6.07) is 0. The van der Waals surface area contributed by atoms with Crippen molar-refractivity contribution in [1.82, 2.24) is 0 Å². The van der Waals surface area contributed by atoms with Gasteiger partial charge in [0, 0.05) is 0 Å². The second-order valence-corrected chi connectivity index (χ2v) is 0.354. The maximum Gasteiger partial charge on any atom is 3.00 e. The van der Waals surface area contributed by atoms with Gasteiger partial charge in [0.05, 0.1) is 0 Å². The van der Waals surface area contributed by atoms with Gasteiger partial charge in [-0.25, -0.2) is 0 Å². The Balaban J connectivity index is -0.00000000667. The van der Waals surface area contributed by atoms with Crippen molar-refractivity contribution >= 4 is 0 Å². The number of allylic oxidation sites excluding steroid dienone is 1. The van der Waals surface area contributed by atoms with Crippen LogP contribution in [0.4, 0.5) is 0 Å². The molecule has 0 aliphatic heterocycles. The second-order valence-electron chi connectivity index (χ2n) is 0.354. The van der Waals surface area contributed by atoms with Crippen LogP contribution in [0.5, 0.6) is 0 Å². The predicted molar refractivity (Wildman–Crippen MR) is 14.5 cm³/mol. The molecule has 0 heterocycles. The third-order valence-electron chi connectivity index (χ3n) is 0. The summed E-state index contributed by atoms with van der Waals surface area (Å²) in [4.78, 5) is 0. The molecule has 0 spiro atoms. The summed E-state index contributed by atoms with van der Waals surface area (Å²) in [7, 11) is 0. The van der Waals surface area contributed by atoms with Crippen LogP contribution in [0.25, 0.3) is 0 Å². The number of rotatable bonds is 0. The fraction of sp³-hybridized carbons (Fsp3) is 0.333. The van der Waals surface area contributed by atoms with E-state index in [1.807, 2.05) is 0 Å². The molecular weight excluding hydrogens is 247 g/mol. The quantitative estimate of drug-likeness (QED) is 0.379. The van der Waals surface area contributed by atoms with E-state index >= 15 is 0 Å². The zero-order valence-electron chi connectivity index (χ0n) is 3.46. The molecular formula is C3H5CeCl2. The van der Waals surface area contributed by atoms with Crippen LogP contribution >= 0.6 is 0 Å². The smallest absolute Gasteiger partial charge is 1.00 e. The van der Waals surface area contributed by atoms with Crippen LogP contribution in [0.15, 0.2) is 6.58 Å². The third-order valence-corrected chi connectivity index (χ3v) is 0. The molecule has 0 nitrogen and oxygen atoms in total. The van der Waals surface area contributed by atoms with Crippen molar-refractivity contribution in [2.75, 3.05) is 0 Å². The van der Waals surface area contributed by atoms with Crippen LogP contribution in [0.3, 0.4) is 0 Å². The molecule has 0 saturated carbocycles.